The summed E-state index contributed by atoms with van der Waals surface area (Å²) in [5.41, 5.74) is 6.21. The molecule has 0 bridgehead atoms. The lowest BCUT2D eigenvalue weighted by atomic mass is 10.4. The highest BCUT2D eigenvalue weighted by Crippen LogP contribution is 1.96. The Morgan fingerprint density at radius 2 is 2.17 bits per heavy atom. The maximum absolute atomic E-state index is 11.8. The number of aromatic nitrogens is 2. The van der Waals surface area contributed by atoms with Crippen molar-refractivity contribution in [3.05, 3.63) is 18.2 Å². The van der Waals surface area contributed by atoms with E-state index in [4.69, 9.17) is 5.73 Å². The van der Waals surface area contributed by atoms with Gasteiger partial charge in [-0.05, 0) is 0 Å². The molecule has 0 saturated heterocycles. The fraction of sp³-hybridized carbons (Fsp3) is 0.500. The van der Waals surface area contributed by atoms with Crippen LogP contribution in [0.25, 0.3) is 0 Å². The lowest BCUT2D eigenvalue weighted by Crippen LogP contribution is -2.07. The molecular weight excluding hydrogens is 204 g/mol. The van der Waals surface area contributed by atoms with Crippen molar-refractivity contribution in [1.82, 2.24) is 9.55 Å². The Morgan fingerprint density at radius 3 is 2.67 bits per heavy atom. The van der Waals surface area contributed by atoms with Gasteiger partial charge < -0.3 is 10.3 Å². The minimum absolute atomic E-state index is 0. The van der Waals surface area contributed by atoms with Crippen LogP contribution in [0.1, 0.15) is 5.69 Å². The fourth-order valence-electron chi connectivity index (χ4n) is 0.811. The normalized spacial score (nSPS) is 8.50. The van der Waals surface area contributed by atoms with Crippen LogP contribution in [0.4, 0.5) is 4.39 Å². The van der Waals surface area contributed by atoms with Gasteiger partial charge in [0, 0.05) is 12.7 Å². The molecule has 3 nitrogen and oxygen atoms in total. The van der Waals surface area contributed by atoms with Crippen molar-refractivity contribution in [2.24, 2.45) is 5.73 Å². The van der Waals surface area contributed by atoms with E-state index in [1.807, 2.05) is 0 Å². The summed E-state index contributed by atoms with van der Waals surface area (Å²) in [6.07, 6.45) is 3.23. The van der Waals surface area contributed by atoms with Gasteiger partial charge in [-0.25, -0.2) is 9.37 Å². The van der Waals surface area contributed by atoms with Gasteiger partial charge >= 0.3 is 0 Å². The van der Waals surface area contributed by atoms with Gasteiger partial charge in [0.05, 0.1) is 18.6 Å². The quantitative estimate of drug-likeness (QED) is 0.823. The van der Waals surface area contributed by atoms with E-state index < -0.39 is 0 Å². The lowest BCUT2D eigenvalue weighted by Gasteiger charge is -2.00. The summed E-state index contributed by atoms with van der Waals surface area (Å²) >= 11 is 0. The van der Waals surface area contributed by atoms with Crippen LogP contribution in [0.5, 0.6) is 0 Å². The van der Waals surface area contributed by atoms with Crippen molar-refractivity contribution >= 4 is 24.8 Å². The Kier molecular flexibility index (Phi) is 8.69. The van der Waals surface area contributed by atoms with Gasteiger partial charge in [-0.2, -0.15) is 0 Å². The number of hydrogen-bond donors (Lipinski definition) is 1. The second-order valence-corrected chi connectivity index (χ2v) is 1.97. The molecule has 6 heteroatoms. The average molecular weight is 216 g/mol. The van der Waals surface area contributed by atoms with Crippen LogP contribution in [-0.2, 0) is 13.1 Å². The van der Waals surface area contributed by atoms with Gasteiger partial charge in [0.2, 0.25) is 0 Å². The van der Waals surface area contributed by atoms with Crippen LogP contribution in [0.15, 0.2) is 12.5 Å². The summed E-state index contributed by atoms with van der Waals surface area (Å²) in [5, 5.41) is 0. The van der Waals surface area contributed by atoms with Crippen LogP contribution < -0.4 is 5.73 Å². The third-order valence-corrected chi connectivity index (χ3v) is 1.33. The van der Waals surface area contributed by atoms with Crippen molar-refractivity contribution < 1.29 is 4.39 Å². The molecule has 1 rings (SSSR count). The predicted molar refractivity (Wildman–Crippen MR) is 50.6 cm³/mol. The molecule has 0 saturated carbocycles. The molecule has 1 heterocycles. The third-order valence-electron chi connectivity index (χ3n) is 1.33. The van der Waals surface area contributed by atoms with Gasteiger partial charge in [-0.15, -0.1) is 24.8 Å². The first-order valence-electron chi connectivity index (χ1n) is 3.13. The highest BCUT2D eigenvalue weighted by molar-refractivity contribution is 5.85. The second kappa shape index (κ2) is 7.34. The zero-order chi connectivity index (χ0) is 7.40. The topological polar surface area (TPSA) is 43.8 Å². The Bertz CT molecular complexity index is 204. The van der Waals surface area contributed by atoms with E-state index >= 15 is 0 Å². The molecule has 12 heavy (non-hydrogen) atoms. The van der Waals surface area contributed by atoms with Crippen LogP contribution >= 0.6 is 24.8 Å². The summed E-state index contributed by atoms with van der Waals surface area (Å²) in [5.74, 6) is 0. The number of rotatable bonds is 3. The SMILES string of the molecule is Cl.Cl.NCc1cncn1CCF. The Morgan fingerprint density at radius 1 is 1.50 bits per heavy atom. The first kappa shape index (κ1) is 14.2. The Labute approximate surface area is 83.0 Å². The van der Waals surface area contributed by atoms with E-state index in [2.05, 4.69) is 4.98 Å². The second-order valence-electron chi connectivity index (χ2n) is 1.97. The van der Waals surface area contributed by atoms with Crippen molar-refractivity contribution in [2.45, 2.75) is 13.1 Å². The molecular formula is C6H12Cl2FN3. The molecule has 0 unspecified atom stereocenters. The molecule has 72 valence electrons. The van der Waals surface area contributed by atoms with Gasteiger partial charge in [0.25, 0.3) is 0 Å². The number of nitrogens with two attached hydrogens (primary N) is 1. The molecule has 0 amide bonds. The van der Waals surface area contributed by atoms with Crippen LogP contribution in [0.3, 0.4) is 0 Å². The highest BCUT2D eigenvalue weighted by Gasteiger charge is 1.96. The van der Waals surface area contributed by atoms with Crippen molar-refractivity contribution in [3.8, 4) is 0 Å². The van der Waals surface area contributed by atoms with Crippen LogP contribution in [0, 0.1) is 0 Å². The molecule has 0 aliphatic heterocycles. The van der Waals surface area contributed by atoms with Crippen molar-refractivity contribution in [2.75, 3.05) is 6.67 Å². The van der Waals surface area contributed by atoms with Gasteiger partial charge in [0.15, 0.2) is 0 Å². The molecule has 2 N–H and O–H groups in total. The smallest absolute Gasteiger partial charge is 0.107 e. The van der Waals surface area contributed by atoms with E-state index in [1.165, 1.54) is 0 Å². The summed E-state index contributed by atoms with van der Waals surface area (Å²) in [6.45, 7) is 0.399. The van der Waals surface area contributed by atoms with E-state index in [0.29, 0.717) is 13.1 Å². The molecule has 0 aromatic carbocycles. The first-order valence-corrected chi connectivity index (χ1v) is 3.13. The van der Waals surface area contributed by atoms with Crippen LogP contribution in [-0.4, -0.2) is 16.2 Å². The third kappa shape index (κ3) is 3.38. The minimum Gasteiger partial charge on any atom is -0.331 e. The Balaban J connectivity index is 0. The summed E-state index contributed by atoms with van der Waals surface area (Å²) in [7, 11) is 0. The number of imidazole rings is 1. The Hall–Kier alpha value is -0.320. The average Bonchev–Trinajstić information content (AvgIpc) is 2.36. The molecule has 0 spiro atoms. The van der Waals surface area contributed by atoms with Crippen molar-refractivity contribution in [3.63, 3.8) is 0 Å². The summed E-state index contributed by atoms with van der Waals surface area (Å²) in [4.78, 5) is 3.83. The first-order chi connectivity index (χ1) is 4.88. The maximum atomic E-state index is 11.8. The number of alkyl halides is 1. The molecule has 0 atom stereocenters. The fourth-order valence-corrected chi connectivity index (χ4v) is 0.811. The summed E-state index contributed by atoms with van der Waals surface area (Å²) < 4.78 is 13.5. The molecule has 1 aromatic heterocycles. The van der Waals surface area contributed by atoms with Gasteiger partial charge in [0.1, 0.15) is 6.67 Å². The van der Waals surface area contributed by atoms with E-state index in [-0.39, 0.29) is 31.5 Å². The zero-order valence-electron chi connectivity index (χ0n) is 6.44. The van der Waals surface area contributed by atoms with Crippen LogP contribution in [0.2, 0.25) is 0 Å². The number of halogens is 3. The van der Waals surface area contributed by atoms with Crippen molar-refractivity contribution in [1.29, 1.82) is 0 Å². The largest absolute Gasteiger partial charge is 0.331 e. The van der Waals surface area contributed by atoms with Gasteiger partial charge in [-0.1, -0.05) is 0 Å². The lowest BCUT2D eigenvalue weighted by molar-refractivity contribution is 0.440. The molecule has 1 aromatic rings. The predicted octanol–water partition coefficient (Wildman–Crippen LogP) is 1.15. The molecule has 0 aliphatic rings. The standard InChI is InChI=1S/C6H10FN3.2ClH/c7-1-2-10-5-9-4-6(10)3-8;;/h4-5H,1-3,8H2;2*1H. The molecule has 0 aliphatic carbocycles. The zero-order valence-corrected chi connectivity index (χ0v) is 8.08. The van der Waals surface area contributed by atoms with E-state index in [0.717, 1.165) is 5.69 Å². The minimum atomic E-state index is -0.372. The van der Waals surface area contributed by atoms with E-state index in [9.17, 15) is 4.39 Å². The van der Waals surface area contributed by atoms with E-state index in [1.54, 1.807) is 17.1 Å². The monoisotopic (exact) mass is 215 g/mol. The molecule has 0 radical (unpaired) electrons. The number of hydrogen-bond acceptors (Lipinski definition) is 2. The molecule has 0 fully saturated rings. The number of aryl methyl sites for hydroxylation is 1. The number of nitrogens with zero attached hydrogens (tertiary/aromatic N) is 2. The van der Waals surface area contributed by atoms with Gasteiger partial charge in [-0.3, -0.25) is 0 Å². The highest BCUT2D eigenvalue weighted by atomic mass is 35.5. The maximum Gasteiger partial charge on any atom is 0.107 e. The summed E-state index contributed by atoms with van der Waals surface area (Å²) in [6, 6.07) is 0.